The lowest BCUT2D eigenvalue weighted by atomic mass is 10.2. The van der Waals surface area contributed by atoms with Gasteiger partial charge in [0.2, 0.25) is 0 Å². The number of methoxy groups -OCH3 is 3. The number of ether oxygens (including phenoxy) is 4. The fraction of sp³-hybridized carbons (Fsp3) is 0.571. The molecular formula is C14H23NO5. The fourth-order valence-electron chi connectivity index (χ4n) is 1.60. The standard InChI is InChI=1S/C14H23NO5/c1-17-6-7-20-10-11(16)9-15-13-8-12(18-2)4-5-14(13)19-3/h4-5,8,11,15-16H,6-7,9-10H2,1-3H3. The Labute approximate surface area is 119 Å². The van der Waals surface area contributed by atoms with Gasteiger partial charge in [-0.3, -0.25) is 0 Å². The minimum atomic E-state index is -0.609. The average Bonchev–Trinajstić information content (AvgIpc) is 2.49. The molecule has 0 aliphatic rings. The third-order valence-corrected chi connectivity index (χ3v) is 2.68. The summed E-state index contributed by atoms with van der Waals surface area (Å²) >= 11 is 0. The highest BCUT2D eigenvalue weighted by atomic mass is 16.5. The molecule has 1 rings (SSSR count). The van der Waals surface area contributed by atoms with Gasteiger partial charge in [0.1, 0.15) is 11.5 Å². The van der Waals surface area contributed by atoms with Gasteiger partial charge in [0.15, 0.2) is 0 Å². The summed E-state index contributed by atoms with van der Waals surface area (Å²) < 4.78 is 20.5. The normalized spacial score (nSPS) is 12.0. The van der Waals surface area contributed by atoms with Crippen molar-refractivity contribution in [3.8, 4) is 11.5 Å². The van der Waals surface area contributed by atoms with Crippen LogP contribution in [0.4, 0.5) is 5.69 Å². The van der Waals surface area contributed by atoms with Gasteiger partial charge in [-0.05, 0) is 12.1 Å². The maximum atomic E-state index is 9.80. The number of nitrogens with one attached hydrogen (secondary N) is 1. The van der Waals surface area contributed by atoms with E-state index in [0.717, 1.165) is 11.4 Å². The highest BCUT2D eigenvalue weighted by Crippen LogP contribution is 2.28. The quantitative estimate of drug-likeness (QED) is 0.628. The third-order valence-electron chi connectivity index (χ3n) is 2.68. The molecule has 1 unspecified atom stereocenters. The summed E-state index contributed by atoms with van der Waals surface area (Å²) in [5.41, 5.74) is 0.766. The Morgan fingerprint density at radius 1 is 1.15 bits per heavy atom. The lowest BCUT2D eigenvalue weighted by Gasteiger charge is -2.16. The van der Waals surface area contributed by atoms with E-state index < -0.39 is 6.10 Å². The SMILES string of the molecule is COCCOCC(O)CNc1cc(OC)ccc1OC. The van der Waals surface area contributed by atoms with E-state index >= 15 is 0 Å². The van der Waals surface area contributed by atoms with E-state index in [4.69, 9.17) is 18.9 Å². The monoisotopic (exact) mass is 285 g/mol. The van der Waals surface area contributed by atoms with E-state index in [0.29, 0.717) is 25.5 Å². The van der Waals surface area contributed by atoms with Crippen molar-refractivity contribution < 1.29 is 24.1 Å². The smallest absolute Gasteiger partial charge is 0.142 e. The van der Waals surface area contributed by atoms with Crippen LogP contribution in [0.3, 0.4) is 0 Å². The molecule has 0 heterocycles. The lowest BCUT2D eigenvalue weighted by molar-refractivity contribution is 0.0182. The predicted molar refractivity (Wildman–Crippen MR) is 76.7 cm³/mol. The molecule has 2 N–H and O–H groups in total. The highest BCUT2D eigenvalue weighted by molar-refractivity contribution is 5.59. The van der Waals surface area contributed by atoms with Gasteiger partial charge in [0, 0.05) is 19.7 Å². The molecule has 0 aromatic heterocycles. The Hall–Kier alpha value is -1.50. The van der Waals surface area contributed by atoms with E-state index in [1.807, 2.05) is 18.2 Å². The first-order chi connectivity index (χ1) is 9.71. The Morgan fingerprint density at radius 3 is 2.60 bits per heavy atom. The molecule has 0 bridgehead atoms. The van der Waals surface area contributed by atoms with Crippen molar-refractivity contribution in [1.29, 1.82) is 0 Å². The van der Waals surface area contributed by atoms with Crippen LogP contribution in [0, 0.1) is 0 Å². The number of aliphatic hydroxyl groups excluding tert-OH is 1. The van der Waals surface area contributed by atoms with E-state index in [9.17, 15) is 5.11 Å². The van der Waals surface area contributed by atoms with Gasteiger partial charge < -0.3 is 29.4 Å². The molecule has 20 heavy (non-hydrogen) atoms. The number of anilines is 1. The Balaban J connectivity index is 2.43. The van der Waals surface area contributed by atoms with E-state index in [2.05, 4.69) is 5.32 Å². The highest BCUT2D eigenvalue weighted by Gasteiger charge is 2.08. The van der Waals surface area contributed by atoms with Crippen LogP contribution in [0.15, 0.2) is 18.2 Å². The Kier molecular flexibility index (Phi) is 7.79. The van der Waals surface area contributed by atoms with Crippen molar-refractivity contribution in [2.75, 3.05) is 53.0 Å². The molecule has 0 aliphatic heterocycles. The van der Waals surface area contributed by atoms with Gasteiger partial charge in [-0.15, -0.1) is 0 Å². The van der Waals surface area contributed by atoms with Gasteiger partial charge in [-0.1, -0.05) is 0 Å². The zero-order chi connectivity index (χ0) is 14.8. The first-order valence-electron chi connectivity index (χ1n) is 6.42. The number of rotatable bonds is 10. The first-order valence-corrected chi connectivity index (χ1v) is 6.42. The first kappa shape index (κ1) is 16.6. The fourth-order valence-corrected chi connectivity index (χ4v) is 1.60. The molecule has 0 saturated heterocycles. The largest absolute Gasteiger partial charge is 0.497 e. The minimum absolute atomic E-state index is 0.253. The van der Waals surface area contributed by atoms with Crippen molar-refractivity contribution in [2.45, 2.75) is 6.10 Å². The van der Waals surface area contributed by atoms with Crippen molar-refractivity contribution in [3.05, 3.63) is 18.2 Å². The lowest BCUT2D eigenvalue weighted by Crippen LogP contribution is -2.25. The maximum Gasteiger partial charge on any atom is 0.142 e. The Bertz CT molecular complexity index is 386. The van der Waals surface area contributed by atoms with Gasteiger partial charge in [0.25, 0.3) is 0 Å². The van der Waals surface area contributed by atoms with Crippen LogP contribution in [-0.2, 0) is 9.47 Å². The van der Waals surface area contributed by atoms with Crippen LogP contribution < -0.4 is 14.8 Å². The van der Waals surface area contributed by atoms with Crippen LogP contribution >= 0.6 is 0 Å². The van der Waals surface area contributed by atoms with Crippen LogP contribution in [0.5, 0.6) is 11.5 Å². The molecule has 0 aliphatic carbocycles. The molecule has 6 heteroatoms. The summed E-state index contributed by atoms with van der Waals surface area (Å²) in [6.07, 6.45) is -0.609. The zero-order valence-corrected chi connectivity index (χ0v) is 12.2. The Morgan fingerprint density at radius 2 is 1.95 bits per heavy atom. The minimum Gasteiger partial charge on any atom is -0.497 e. The summed E-state index contributed by atoms with van der Waals surface area (Å²) in [6.45, 7) is 1.60. The second kappa shape index (κ2) is 9.41. The van der Waals surface area contributed by atoms with E-state index in [-0.39, 0.29) is 6.61 Å². The van der Waals surface area contributed by atoms with Gasteiger partial charge in [-0.2, -0.15) is 0 Å². The predicted octanol–water partition coefficient (Wildman–Crippen LogP) is 1.14. The van der Waals surface area contributed by atoms with Crippen LogP contribution in [-0.4, -0.2) is 58.9 Å². The molecule has 0 fully saturated rings. The van der Waals surface area contributed by atoms with Crippen molar-refractivity contribution >= 4 is 5.69 Å². The van der Waals surface area contributed by atoms with Crippen LogP contribution in [0.1, 0.15) is 0 Å². The zero-order valence-electron chi connectivity index (χ0n) is 12.2. The summed E-state index contributed by atoms with van der Waals surface area (Å²) in [5, 5.41) is 12.9. The van der Waals surface area contributed by atoms with Crippen LogP contribution in [0.2, 0.25) is 0 Å². The van der Waals surface area contributed by atoms with Crippen LogP contribution in [0.25, 0.3) is 0 Å². The molecule has 0 saturated carbocycles. The topological polar surface area (TPSA) is 69.2 Å². The van der Waals surface area contributed by atoms with Crippen molar-refractivity contribution in [3.63, 3.8) is 0 Å². The van der Waals surface area contributed by atoms with Gasteiger partial charge in [-0.25, -0.2) is 0 Å². The molecule has 0 radical (unpaired) electrons. The molecule has 0 amide bonds. The summed E-state index contributed by atoms with van der Waals surface area (Å²) in [4.78, 5) is 0. The second-order valence-corrected chi connectivity index (χ2v) is 4.17. The van der Waals surface area contributed by atoms with E-state index in [1.165, 1.54) is 0 Å². The third kappa shape index (κ3) is 5.64. The summed E-state index contributed by atoms with van der Waals surface area (Å²) in [6, 6.07) is 5.44. The molecular weight excluding hydrogens is 262 g/mol. The number of hydrogen-bond donors (Lipinski definition) is 2. The molecule has 6 nitrogen and oxygen atoms in total. The van der Waals surface area contributed by atoms with Crippen molar-refractivity contribution in [2.24, 2.45) is 0 Å². The van der Waals surface area contributed by atoms with Gasteiger partial charge in [0.05, 0.1) is 45.8 Å². The number of benzene rings is 1. The molecule has 1 aromatic carbocycles. The molecule has 1 atom stereocenters. The molecule has 0 spiro atoms. The number of hydrogen-bond acceptors (Lipinski definition) is 6. The molecule has 114 valence electrons. The summed E-state index contributed by atoms with van der Waals surface area (Å²) in [7, 11) is 4.80. The van der Waals surface area contributed by atoms with E-state index in [1.54, 1.807) is 21.3 Å². The average molecular weight is 285 g/mol. The molecule has 1 aromatic rings. The van der Waals surface area contributed by atoms with Crippen molar-refractivity contribution in [1.82, 2.24) is 0 Å². The van der Waals surface area contributed by atoms with Gasteiger partial charge >= 0.3 is 0 Å². The summed E-state index contributed by atoms with van der Waals surface area (Å²) in [5.74, 6) is 1.41. The number of aliphatic hydroxyl groups is 1. The second-order valence-electron chi connectivity index (χ2n) is 4.17. The maximum absolute atomic E-state index is 9.80.